The Morgan fingerprint density at radius 2 is 1.73 bits per heavy atom. The quantitative estimate of drug-likeness (QED) is 0.859. The third-order valence-electron chi connectivity index (χ3n) is 4.68. The molecule has 0 amide bonds. The largest absolute Gasteiger partial charge is 0.295 e. The molecule has 0 spiro atoms. The summed E-state index contributed by atoms with van der Waals surface area (Å²) in [6.45, 7) is 4.11. The van der Waals surface area contributed by atoms with E-state index in [0.717, 1.165) is 43.6 Å². The minimum atomic E-state index is -3.58. The van der Waals surface area contributed by atoms with Crippen molar-refractivity contribution in [1.29, 1.82) is 0 Å². The molecule has 1 heterocycles. The summed E-state index contributed by atoms with van der Waals surface area (Å²) >= 11 is 0. The first kappa shape index (κ1) is 15.7. The summed E-state index contributed by atoms with van der Waals surface area (Å²) in [5.41, 5.74) is 1.92. The van der Waals surface area contributed by atoms with Crippen LogP contribution in [0.4, 0.5) is 0 Å². The molecule has 0 bridgehead atoms. The molecule has 1 aromatic carbocycles. The van der Waals surface area contributed by atoms with Crippen LogP contribution in [-0.2, 0) is 10.0 Å². The van der Waals surface area contributed by atoms with E-state index in [4.69, 9.17) is 0 Å². The molecule has 4 nitrogen and oxygen atoms in total. The van der Waals surface area contributed by atoms with Gasteiger partial charge < -0.3 is 0 Å². The Hall–Kier alpha value is -1.20. The molecule has 5 heteroatoms. The van der Waals surface area contributed by atoms with E-state index in [1.165, 1.54) is 19.3 Å². The first-order chi connectivity index (χ1) is 10.6. The maximum Gasteiger partial charge on any atom is 0.282 e. The first-order valence-corrected chi connectivity index (χ1v) is 9.65. The van der Waals surface area contributed by atoms with Crippen molar-refractivity contribution in [2.45, 2.75) is 56.4 Å². The Morgan fingerprint density at radius 3 is 2.41 bits per heavy atom. The van der Waals surface area contributed by atoms with E-state index in [0.29, 0.717) is 4.90 Å². The number of nitrogens with zero attached hydrogens (tertiary/aromatic N) is 2. The van der Waals surface area contributed by atoms with Gasteiger partial charge in [-0.2, -0.15) is 12.8 Å². The van der Waals surface area contributed by atoms with Gasteiger partial charge in [0.15, 0.2) is 0 Å². The van der Waals surface area contributed by atoms with Crippen LogP contribution in [0.5, 0.6) is 0 Å². The highest BCUT2D eigenvalue weighted by atomic mass is 32.2. The summed E-state index contributed by atoms with van der Waals surface area (Å²) in [6, 6.07) is 7.19. The fourth-order valence-corrected chi connectivity index (χ4v) is 4.55. The van der Waals surface area contributed by atoms with Crippen LogP contribution in [0.15, 0.2) is 33.6 Å². The summed E-state index contributed by atoms with van der Waals surface area (Å²) in [5.74, 6) is 0. The Labute approximate surface area is 133 Å². The predicted octanol–water partition coefficient (Wildman–Crippen LogP) is 3.16. The van der Waals surface area contributed by atoms with Crippen molar-refractivity contribution in [3.05, 3.63) is 29.8 Å². The normalized spacial score (nSPS) is 25.7. The Kier molecular flexibility index (Phi) is 4.64. The summed E-state index contributed by atoms with van der Waals surface area (Å²) in [7, 11) is -3.58. The lowest BCUT2D eigenvalue weighted by Gasteiger charge is -2.32. The zero-order valence-electron chi connectivity index (χ0n) is 13.2. The van der Waals surface area contributed by atoms with Gasteiger partial charge in [-0.05, 0) is 64.3 Å². The van der Waals surface area contributed by atoms with Crippen LogP contribution < -0.4 is 0 Å². The van der Waals surface area contributed by atoms with Crippen LogP contribution >= 0.6 is 0 Å². The van der Waals surface area contributed by atoms with Crippen LogP contribution in [0, 0.1) is 6.92 Å². The number of sulfonamides is 1. The van der Waals surface area contributed by atoms with Crippen LogP contribution in [0.2, 0.25) is 0 Å². The average molecular weight is 320 g/mol. The molecule has 120 valence electrons. The first-order valence-electron chi connectivity index (χ1n) is 8.21. The molecule has 1 aromatic rings. The van der Waals surface area contributed by atoms with Gasteiger partial charge in [0.1, 0.15) is 0 Å². The summed E-state index contributed by atoms with van der Waals surface area (Å²) in [6.07, 6.45) is 6.51. The van der Waals surface area contributed by atoms with Gasteiger partial charge in [0.05, 0.1) is 4.90 Å². The Bertz CT molecular complexity index is 644. The van der Waals surface area contributed by atoms with E-state index in [1.807, 2.05) is 19.1 Å². The summed E-state index contributed by atoms with van der Waals surface area (Å²) < 4.78 is 29.4. The molecule has 2 fully saturated rings. The molecule has 1 unspecified atom stereocenters. The Balaban J connectivity index is 1.88. The van der Waals surface area contributed by atoms with Crippen LogP contribution in [0.3, 0.4) is 0 Å². The zero-order chi connectivity index (χ0) is 15.6. The molecule has 1 saturated carbocycles. The second kappa shape index (κ2) is 6.50. The van der Waals surface area contributed by atoms with E-state index in [2.05, 4.69) is 9.30 Å². The number of hydrogen-bond donors (Lipinski definition) is 0. The predicted molar refractivity (Wildman–Crippen MR) is 88.9 cm³/mol. The maximum atomic E-state index is 12.6. The molecule has 0 radical (unpaired) electrons. The van der Waals surface area contributed by atoms with Gasteiger partial charge in [-0.25, -0.2) is 0 Å². The van der Waals surface area contributed by atoms with Crippen molar-refractivity contribution in [3.8, 4) is 0 Å². The topological polar surface area (TPSA) is 49.7 Å². The highest BCUT2D eigenvalue weighted by molar-refractivity contribution is 7.90. The molecule has 0 N–H and O–H groups in total. The lowest BCUT2D eigenvalue weighted by Crippen LogP contribution is -2.41. The van der Waals surface area contributed by atoms with E-state index in [9.17, 15) is 8.42 Å². The third-order valence-corrected chi connectivity index (χ3v) is 6.03. The van der Waals surface area contributed by atoms with E-state index >= 15 is 0 Å². The summed E-state index contributed by atoms with van der Waals surface area (Å²) in [4.78, 5) is 2.72. The monoisotopic (exact) mass is 320 g/mol. The number of rotatable bonds is 3. The zero-order valence-corrected chi connectivity index (χ0v) is 14.0. The number of benzene rings is 1. The number of hydrogen-bond acceptors (Lipinski definition) is 3. The van der Waals surface area contributed by atoms with Crippen LogP contribution in [0.1, 0.15) is 44.1 Å². The van der Waals surface area contributed by atoms with E-state index in [1.54, 1.807) is 12.1 Å². The van der Waals surface area contributed by atoms with Crippen molar-refractivity contribution in [3.63, 3.8) is 0 Å². The minimum Gasteiger partial charge on any atom is -0.295 e. The molecule has 2 aliphatic rings. The molecule has 1 aliphatic heterocycles. The summed E-state index contributed by atoms with van der Waals surface area (Å²) in [5, 5.41) is 0. The third kappa shape index (κ3) is 3.41. The second-order valence-electron chi connectivity index (χ2n) is 6.38. The fourth-order valence-electron chi connectivity index (χ4n) is 3.45. The van der Waals surface area contributed by atoms with E-state index in [-0.39, 0.29) is 6.04 Å². The molecular formula is C17H24N2O2S. The lowest BCUT2D eigenvalue weighted by molar-refractivity contribution is 0.271. The molecule has 1 saturated heterocycles. The molecule has 1 atom stereocenters. The van der Waals surface area contributed by atoms with Crippen LogP contribution in [0.25, 0.3) is 0 Å². The highest BCUT2D eigenvalue weighted by Gasteiger charge is 2.30. The van der Waals surface area contributed by atoms with Gasteiger partial charge in [0.25, 0.3) is 10.0 Å². The van der Waals surface area contributed by atoms with Gasteiger partial charge in [0, 0.05) is 11.8 Å². The molecule has 22 heavy (non-hydrogen) atoms. The number of aryl methyl sites for hydroxylation is 1. The van der Waals surface area contributed by atoms with Crippen molar-refractivity contribution < 1.29 is 8.42 Å². The van der Waals surface area contributed by atoms with Crippen molar-refractivity contribution in [2.24, 2.45) is 4.40 Å². The van der Waals surface area contributed by atoms with E-state index < -0.39 is 10.0 Å². The van der Waals surface area contributed by atoms with Crippen molar-refractivity contribution in [1.82, 2.24) is 4.90 Å². The van der Waals surface area contributed by atoms with Crippen LogP contribution in [-0.4, -0.2) is 38.2 Å². The van der Waals surface area contributed by atoms with Gasteiger partial charge in [-0.15, -0.1) is 0 Å². The second-order valence-corrected chi connectivity index (χ2v) is 7.98. The highest BCUT2D eigenvalue weighted by Crippen LogP contribution is 2.26. The lowest BCUT2D eigenvalue weighted by atomic mass is 9.92. The fraction of sp³-hybridized carbons (Fsp3) is 0.588. The molecule has 1 aliphatic carbocycles. The molecule has 0 aromatic heterocycles. The average Bonchev–Trinajstić information content (AvgIpc) is 3.02. The van der Waals surface area contributed by atoms with Crippen molar-refractivity contribution in [2.75, 3.05) is 13.1 Å². The standard InChI is InChI=1S/C17H24N2O2S/c1-14-8-10-15(11-9-14)22(20,21)18-16-6-2-3-7-17(16)19-12-4-5-13-19/h8-11,17H,2-7,12-13H2,1H3/b18-16-. The smallest absolute Gasteiger partial charge is 0.282 e. The maximum absolute atomic E-state index is 12.6. The van der Waals surface area contributed by atoms with Gasteiger partial charge in [-0.1, -0.05) is 24.1 Å². The SMILES string of the molecule is Cc1ccc(S(=O)(=O)/N=C2/CCCCC2N2CCCC2)cc1. The van der Waals surface area contributed by atoms with Gasteiger partial charge in [-0.3, -0.25) is 4.90 Å². The number of likely N-dealkylation sites (tertiary alicyclic amines) is 1. The minimum absolute atomic E-state index is 0.233. The Morgan fingerprint density at radius 1 is 1.05 bits per heavy atom. The molecule has 3 rings (SSSR count). The van der Waals surface area contributed by atoms with Crippen molar-refractivity contribution >= 4 is 15.7 Å². The van der Waals surface area contributed by atoms with Gasteiger partial charge >= 0.3 is 0 Å². The molecular weight excluding hydrogens is 296 g/mol. The van der Waals surface area contributed by atoms with Gasteiger partial charge in [0.2, 0.25) is 0 Å².